The van der Waals surface area contributed by atoms with Gasteiger partial charge >= 0.3 is 5.97 Å². The predicted octanol–water partition coefficient (Wildman–Crippen LogP) is 1.96. The summed E-state index contributed by atoms with van der Waals surface area (Å²) in [6.45, 7) is 3.19. The van der Waals surface area contributed by atoms with Crippen LogP contribution >= 0.6 is 0 Å². The molecule has 1 heterocycles. The number of aliphatic carboxylic acids is 1. The van der Waals surface area contributed by atoms with Crippen molar-refractivity contribution in [3.63, 3.8) is 0 Å². The number of carboxylic acid groups (broad SMARTS) is 1. The lowest BCUT2D eigenvalue weighted by Gasteiger charge is -2.31. The van der Waals surface area contributed by atoms with Gasteiger partial charge in [0.2, 0.25) is 5.91 Å². The number of carbonyl (C=O) groups is 4. The third-order valence-electron chi connectivity index (χ3n) is 5.26. The lowest BCUT2D eigenvalue weighted by atomic mass is 10.00. The Kier molecular flexibility index (Phi) is 7.27. The van der Waals surface area contributed by atoms with Crippen molar-refractivity contribution in [2.75, 3.05) is 6.67 Å². The van der Waals surface area contributed by atoms with Crippen molar-refractivity contribution in [3.05, 3.63) is 35.3 Å². The van der Waals surface area contributed by atoms with Crippen LogP contribution in [-0.2, 0) is 21.4 Å². The molecule has 0 saturated carbocycles. The first-order chi connectivity index (χ1) is 14.4. The van der Waals surface area contributed by atoms with E-state index < -0.39 is 60.5 Å². The van der Waals surface area contributed by atoms with Crippen LogP contribution in [0.4, 0.5) is 8.78 Å². The van der Waals surface area contributed by atoms with E-state index in [-0.39, 0.29) is 5.69 Å². The zero-order valence-electron chi connectivity index (χ0n) is 17.7. The molecule has 0 fully saturated rings. The van der Waals surface area contributed by atoms with Gasteiger partial charge in [-0.3, -0.25) is 24.1 Å². The average molecular weight is 437 g/mol. The van der Waals surface area contributed by atoms with Crippen LogP contribution in [0.2, 0.25) is 0 Å². The Morgan fingerprint density at radius 1 is 1.23 bits per heavy atom. The molecule has 1 aromatic carbocycles. The van der Waals surface area contributed by atoms with E-state index in [0.717, 1.165) is 0 Å². The number of hydrogen-bond donors (Lipinski definition) is 2. The summed E-state index contributed by atoms with van der Waals surface area (Å²) in [6.07, 6.45) is -0.970. The van der Waals surface area contributed by atoms with Gasteiger partial charge in [0.1, 0.15) is 24.2 Å². The summed E-state index contributed by atoms with van der Waals surface area (Å²) in [5.74, 6) is -5.72. The molecule has 2 atom stereocenters. The Morgan fingerprint density at radius 3 is 2.35 bits per heavy atom. The molecule has 0 aliphatic heterocycles. The number of benzene rings is 1. The number of carboxylic acids is 1. The highest BCUT2D eigenvalue weighted by molar-refractivity contribution is 6.12. The van der Waals surface area contributed by atoms with Gasteiger partial charge in [0.15, 0.2) is 5.78 Å². The first-order valence-corrected chi connectivity index (χ1v) is 9.60. The molecular formula is C21H25F2N3O5. The van der Waals surface area contributed by atoms with Crippen molar-refractivity contribution in [2.45, 2.75) is 39.3 Å². The number of rotatable bonds is 8. The molecule has 8 nitrogen and oxygen atoms in total. The molecule has 168 valence electrons. The summed E-state index contributed by atoms with van der Waals surface area (Å²) in [5.41, 5.74) is 6.64. The van der Waals surface area contributed by atoms with Gasteiger partial charge in [0.05, 0.1) is 12.5 Å². The van der Waals surface area contributed by atoms with Crippen LogP contribution in [0.1, 0.15) is 36.3 Å². The smallest absolute Gasteiger partial charge is 0.305 e. The average Bonchev–Trinajstić information content (AvgIpc) is 2.95. The van der Waals surface area contributed by atoms with Gasteiger partial charge < -0.3 is 15.4 Å². The third-order valence-corrected chi connectivity index (χ3v) is 5.26. The van der Waals surface area contributed by atoms with E-state index in [2.05, 4.69) is 0 Å². The molecular weight excluding hydrogens is 412 g/mol. The maximum atomic E-state index is 13.7. The van der Waals surface area contributed by atoms with Crippen LogP contribution in [0.5, 0.6) is 0 Å². The Morgan fingerprint density at radius 2 is 1.84 bits per heavy atom. The second-order valence-electron chi connectivity index (χ2n) is 7.69. The summed E-state index contributed by atoms with van der Waals surface area (Å²) >= 11 is 0. The number of nitrogens with two attached hydrogens (primary N) is 1. The monoisotopic (exact) mass is 437 g/mol. The highest BCUT2D eigenvalue weighted by Gasteiger charge is 2.40. The molecule has 31 heavy (non-hydrogen) atoms. The first-order valence-electron chi connectivity index (χ1n) is 9.60. The zero-order valence-corrected chi connectivity index (χ0v) is 17.7. The van der Waals surface area contributed by atoms with E-state index >= 15 is 0 Å². The molecule has 0 aliphatic rings. The van der Waals surface area contributed by atoms with Gasteiger partial charge in [0, 0.05) is 18.0 Å². The summed E-state index contributed by atoms with van der Waals surface area (Å²) < 4.78 is 28.4. The second kappa shape index (κ2) is 9.34. The number of alkyl halides is 1. The quantitative estimate of drug-likeness (QED) is 0.651. The Balaban J connectivity index is 2.72. The van der Waals surface area contributed by atoms with Crippen LogP contribution in [0.15, 0.2) is 18.2 Å². The molecule has 1 unspecified atom stereocenters. The number of halogens is 2. The maximum absolute atomic E-state index is 13.7. The minimum Gasteiger partial charge on any atom is -0.481 e. The van der Waals surface area contributed by atoms with Gasteiger partial charge in [0.25, 0.3) is 5.91 Å². The number of fused-ring (bicyclic) bond motifs is 1. The van der Waals surface area contributed by atoms with E-state index in [1.807, 2.05) is 0 Å². The topological polar surface area (TPSA) is 123 Å². The van der Waals surface area contributed by atoms with Crippen molar-refractivity contribution >= 4 is 34.5 Å². The van der Waals surface area contributed by atoms with Crippen molar-refractivity contribution in [2.24, 2.45) is 18.7 Å². The highest BCUT2D eigenvalue weighted by Crippen LogP contribution is 2.28. The van der Waals surface area contributed by atoms with E-state index in [9.17, 15) is 33.1 Å². The Labute approximate surface area is 177 Å². The number of nitrogens with zero attached hydrogens (tertiary/aromatic N) is 2. The number of Topliss-reactive ketones (excluding diaryl/α,β-unsaturated/α-hetero) is 1. The van der Waals surface area contributed by atoms with Crippen LogP contribution in [0.3, 0.4) is 0 Å². The van der Waals surface area contributed by atoms with Gasteiger partial charge in [-0.15, -0.1) is 0 Å². The van der Waals surface area contributed by atoms with Crippen molar-refractivity contribution in [1.82, 2.24) is 9.47 Å². The highest BCUT2D eigenvalue weighted by atomic mass is 19.1. The van der Waals surface area contributed by atoms with E-state index in [1.165, 1.54) is 36.7 Å². The van der Waals surface area contributed by atoms with Crippen molar-refractivity contribution < 1.29 is 33.1 Å². The fraction of sp³-hybridized carbons (Fsp3) is 0.429. The molecule has 10 heteroatoms. The fourth-order valence-electron chi connectivity index (χ4n) is 3.46. The Bertz CT molecular complexity index is 1050. The molecule has 3 N–H and O–H groups in total. The standard InChI is InChI=1S/C21H25F2N3O5/c1-10(2)18(24)20(30)26(15(8-17(28)29)16(27)9-22)21(31)19-11(3)13-7-12(23)5-6-14(13)25(19)4/h5-7,10,15,18H,8-9,24H2,1-4H3,(H,28,29)/t15?,18-/m0/s1. The summed E-state index contributed by atoms with van der Waals surface area (Å²) in [4.78, 5) is 50.6. The molecule has 0 spiro atoms. The molecule has 1 aromatic heterocycles. The lowest BCUT2D eigenvalue weighted by Crippen LogP contribution is -2.56. The van der Waals surface area contributed by atoms with Gasteiger partial charge in [-0.1, -0.05) is 13.8 Å². The normalized spacial score (nSPS) is 13.3. The van der Waals surface area contributed by atoms with Crippen molar-refractivity contribution in [3.8, 4) is 0 Å². The number of ketones is 1. The Hall–Kier alpha value is -3.14. The van der Waals surface area contributed by atoms with Gasteiger partial charge in [-0.25, -0.2) is 8.78 Å². The molecule has 2 amide bonds. The molecule has 2 rings (SSSR count). The van der Waals surface area contributed by atoms with Crippen LogP contribution in [0.25, 0.3) is 10.9 Å². The second-order valence-corrected chi connectivity index (χ2v) is 7.69. The lowest BCUT2D eigenvalue weighted by molar-refractivity contribution is -0.144. The van der Waals surface area contributed by atoms with Crippen LogP contribution in [0, 0.1) is 18.7 Å². The van der Waals surface area contributed by atoms with Crippen LogP contribution in [-0.4, -0.2) is 56.9 Å². The molecule has 0 aliphatic carbocycles. The summed E-state index contributed by atoms with van der Waals surface area (Å²) in [5, 5.41) is 9.61. The third kappa shape index (κ3) is 4.63. The molecule has 0 bridgehead atoms. The van der Waals surface area contributed by atoms with Gasteiger partial charge in [-0.2, -0.15) is 0 Å². The number of amides is 2. The van der Waals surface area contributed by atoms with E-state index in [0.29, 0.717) is 21.4 Å². The largest absolute Gasteiger partial charge is 0.481 e. The fourth-order valence-corrected chi connectivity index (χ4v) is 3.46. The van der Waals surface area contributed by atoms with Crippen molar-refractivity contribution in [1.29, 1.82) is 0 Å². The number of aryl methyl sites for hydroxylation is 2. The zero-order chi connectivity index (χ0) is 23.6. The van der Waals surface area contributed by atoms with E-state index in [1.54, 1.807) is 13.8 Å². The maximum Gasteiger partial charge on any atom is 0.305 e. The summed E-state index contributed by atoms with van der Waals surface area (Å²) in [7, 11) is 1.51. The number of hydrogen-bond acceptors (Lipinski definition) is 5. The number of aromatic nitrogens is 1. The summed E-state index contributed by atoms with van der Waals surface area (Å²) in [6, 6.07) is 0.756. The van der Waals surface area contributed by atoms with Gasteiger partial charge in [-0.05, 0) is 36.6 Å². The number of imide groups is 1. The minimum atomic E-state index is -1.87. The molecule has 0 radical (unpaired) electrons. The SMILES string of the molecule is Cc1c(C(=O)N(C(=O)[C@@H](N)C(C)C)C(CC(=O)O)C(=O)CF)n(C)c2ccc(F)cc12. The molecule has 2 aromatic rings. The van der Waals surface area contributed by atoms with E-state index in [4.69, 9.17) is 5.73 Å². The predicted molar refractivity (Wildman–Crippen MR) is 109 cm³/mol. The van der Waals surface area contributed by atoms with Crippen LogP contribution < -0.4 is 5.73 Å². The first kappa shape index (κ1) is 24.1. The molecule has 0 saturated heterocycles. The minimum absolute atomic E-state index is 0.0630. The number of carbonyl (C=O) groups excluding carboxylic acids is 3.